The van der Waals surface area contributed by atoms with E-state index in [1.54, 1.807) is 37.6 Å². The van der Waals surface area contributed by atoms with Gasteiger partial charge in [0.25, 0.3) is 5.91 Å². The molecular formula is C27H34N8O4. The van der Waals surface area contributed by atoms with E-state index in [1.165, 1.54) is 0 Å². The molecule has 3 aromatic rings. The molecule has 0 radical (unpaired) electrons. The second-order valence-corrected chi connectivity index (χ2v) is 9.27. The number of benzene rings is 1. The van der Waals surface area contributed by atoms with Gasteiger partial charge < -0.3 is 34.6 Å². The third-order valence-corrected chi connectivity index (χ3v) is 7.00. The van der Waals surface area contributed by atoms with Gasteiger partial charge in [0.05, 0.1) is 38.3 Å². The average molecular weight is 535 g/mol. The molecule has 0 aliphatic carbocycles. The van der Waals surface area contributed by atoms with Gasteiger partial charge in [-0.25, -0.2) is 15.0 Å². The van der Waals surface area contributed by atoms with E-state index >= 15 is 0 Å². The molecule has 0 atom stereocenters. The number of nitrogens with two attached hydrogens (primary N) is 1. The Morgan fingerprint density at radius 2 is 1.90 bits per heavy atom. The van der Waals surface area contributed by atoms with Crippen molar-refractivity contribution in [3.8, 4) is 17.0 Å². The number of anilines is 4. The van der Waals surface area contributed by atoms with Crippen molar-refractivity contribution in [1.29, 1.82) is 0 Å². The standard InChI is InChI=1S/C27H34N8O4/c1-4-33(9-12-37-2)25(36)18-5-6-22(38-3)21(15-18)35-8-7-20-23(19-16-29-26(28)30-17-19)31-27(32-24(20)35)34-10-13-39-14-11-34/h5-6,15-17H,4,7-14H2,1-3H3,(H2,28,29,30). The minimum absolute atomic E-state index is 0.0609. The van der Waals surface area contributed by atoms with Gasteiger partial charge in [-0.3, -0.25) is 4.79 Å². The van der Waals surface area contributed by atoms with Crippen molar-refractivity contribution in [3.05, 3.63) is 41.7 Å². The van der Waals surface area contributed by atoms with Gasteiger partial charge in [-0.2, -0.15) is 4.98 Å². The minimum Gasteiger partial charge on any atom is -0.495 e. The number of amides is 1. The summed E-state index contributed by atoms with van der Waals surface area (Å²) in [5.74, 6) is 2.18. The molecule has 1 aromatic carbocycles. The number of nitrogen functional groups attached to an aromatic ring is 1. The molecule has 39 heavy (non-hydrogen) atoms. The molecule has 1 amide bonds. The zero-order valence-electron chi connectivity index (χ0n) is 22.6. The molecule has 0 spiro atoms. The first-order valence-electron chi connectivity index (χ1n) is 13.1. The van der Waals surface area contributed by atoms with E-state index in [2.05, 4.69) is 19.8 Å². The smallest absolute Gasteiger partial charge is 0.254 e. The van der Waals surface area contributed by atoms with E-state index < -0.39 is 0 Å². The second kappa shape index (κ2) is 11.8. The third kappa shape index (κ3) is 5.43. The van der Waals surface area contributed by atoms with Crippen LogP contribution >= 0.6 is 0 Å². The number of nitrogens with zero attached hydrogens (tertiary/aromatic N) is 7. The highest BCUT2D eigenvalue weighted by atomic mass is 16.5. The molecule has 1 saturated heterocycles. The monoisotopic (exact) mass is 534 g/mol. The molecule has 1 fully saturated rings. The Hall–Kier alpha value is -4.03. The summed E-state index contributed by atoms with van der Waals surface area (Å²) in [6.07, 6.45) is 4.08. The predicted octanol–water partition coefficient (Wildman–Crippen LogP) is 2.16. The topological polar surface area (TPSA) is 132 Å². The van der Waals surface area contributed by atoms with Crippen molar-refractivity contribution in [2.24, 2.45) is 0 Å². The molecule has 0 bridgehead atoms. The van der Waals surface area contributed by atoms with Crippen molar-refractivity contribution >= 4 is 29.3 Å². The van der Waals surface area contributed by atoms with Gasteiger partial charge in [-0.1, -0.05) is 0 Å². The van der Waals surface area contributed by atoms with E-state index in [0.717, 1.165) is 28.3 Å². The van der Waals surface area contributed by atoms with Gasteiger partial charge in [0.15, 0.2) is 0 Å². The number of ether oxygens (including phenoxy) is 3. The summed E-state index contributed by atoms with van der Waals surface area (Å²) in [6.45, 7) is 6.79. The summed E-state index contributed by atoms with van der Waals surface area (Å²) in [7, 11) is 3.26. The molecule has 12 heteroatoms. The lowest BCUT2D eigenvalue weighted by atomic mass is 10.1. The van der Waals surface area contributed by atoms with Crippen LogP contribution in [0.1, 0.15) is 22.8 Å². The zero-order valence-corrected chi connectivity index (χ0v) is 22.6. The van der Waals surface area contributed by atoms with Crippen LogP contribution in [0.5, 0.6) is 5.75 Å². The van der Waals surface area contributed by atoms with Gasteiger partial charge in [0.2, 0.25) is 11.9 Å². The number of carbonyl (C=O) groups is 1. The molecule has 2 N–H and O–H groups in total. The minimum atomic E-state index is -0.0609. The van der Waals surface area contributed by atoms with Gasteiger partial charge in [-0.15, -0.1) is 0 Å². The van der Waals surface area contributed by atoms with Crippen LogP contribution in [0.25, 0.3) is 11.3 Å². The fourth-order valence-electron chi connectivity index (χ4n) is 4.90. The first-order valence-corrected chi connectivity index (χ1v) is 13.1. The fourth-order valence-corrected chi connectivity index (χ4v) is 4.90. The highest BCUT2D eigenvalue weighted by Gasteiger charge is 2.31. The number of morpholine rings is 1. The van der Waals surface area contributed by atoms with Crippen molar-refractivity contribution in [1.82, 2.24) is 24.8 Å². The van der Waals surface area contributed by atoms with Crippen LogP contribution in [0.2, 0.25) is 0 Å². The first-order chi connectivity index (χ1) is 19.0. The quantitative estimate of drug-likeness (QED) is 0.433. The summed E-state index contributed by atoms with van der Waals surface area (Å²) in [5.41, 5.74) is 9.63. The highest BCUT2D eigenvalue weighted by Crippen LogP contribution is 2.42. The summed E-state index contributed by atoms with van der Waals surface area (Å²) in [6, 6.07) is 5.52. The molecule has 2 aliphatic heterocycles. The van der Waals surface area contributed by atoms with Crippen LogP contribution in [0.4, 0.5) is 23.4 Å². The van der Waals surface area contributed by atoms with Gasteiger partial charge in [0, 0.05) is 68.9 Å². The second-order valence-electron chi connectivity index (χ2n) is 9.27. The number of hydrogen-bond acceptors (Lipinski definition) is 11. The van der Waals surface area contributed by atoms with E-state index in [9.17, 15) is 4.79 Å². The number of fused-ring (bicyclic) bond motifs is 1. The number of hydrogen-bond donors (Lipinski definition) is 1. The van der Waals surface area contributed by atoms with Crippen LogP contribution < -0.4 is 20.3 Å². The van der Waals surface area contributed by atoms with E-state index in [0.29, 0.717) is 76.2 Å². The Morgan fingerprint density at radius 3 is 2.59 bits per heavy atom. The number of carbonyl (C=O) groups excluding carboxylic acids is 1. The maximum Gasteiger partial charge on any atom is 0.254 e. The molecule has 2 aromatic heterocycles. The van der Waals surface area contributed by atoms with Gasteiger partial charge >= 0.3 is 0 Å². The lowest BCUT2D eigenvalue weighted by Gasteiger charge is -2.29. The lowest BCUT2D eigenvalue weighted by Crippen LogP contribution is -2.37. The van der Waals surface area contributed by atoms with Crippen molar-refractivity contribution in [2.75, 3.05) is 82.3 Å². The van der Waals surface area contributed by atoms with Crippen LogP contribution in [0, 0.1) is 0 Å². The Kier molecular flexibility index (Phi) is 8.03. The van der Waals surface area contributed by atoms with E-state index in [1.807, 2.05) is 19.1 Å². The van der Waals surface area contributed by atoms with Crippen LogP contribution in [-0.4, -0.2) is 97.5 Å². The molecule has 12 nitrogen and oxygen atoms in total. The van der Waals surface area contributed by atoms with Crippen LogP contribution in [0.3, 0.4) is 0 Å². The largest absolute Gasteiger partial charge is 0.495 e. The summed E-state index contributed by atoms with van der Waals surface area (Å²) in [5, 5.41) is 0. The zero-order chi connectivity index (χ0) is 27.4. The number of aromatic nitrogens is 4. The Labute approximate surface area is 227 Å². The van der Waals surface area contributed by atoms with E-state index in [-0.39, 0.29) is 11.9 Å². The van der Waals surface area contributed by atoms with Crippen LogP contribution in [-0.2, 0) is 15.9 Å². The summed E-state index contributed by atoms with van der Waals surface area (Å²) >= 11 is 0. The molecule has 206 valence electrons. The number of methoxy groups -OCH3 is 2. The molecule has 4 heterocycles. The summed E-state index contributed by atoms with van der Waals surface area (Å²) in [4.78, 5) is 37.7. The lowest BCUT2D eigenvalue weighted by molar-refractivity contribution is 0.0706. The maximum absolute atomic E-state index is 13.4. The Morgan fingerprint density at radius 1 is 1.13 bits per heavy atom. The Balaban J connectivity index is 1.59. The van der Waals surface area contributed by atoms with Crippen molar-refractivity contribution in [3.63, 3.8) is 0 Å². The molecule has 0 saturated carbocycles. The van der Waals surface area contributed by atoms with E-state index in [4.69, 9.17) is 29.9 Å². The normalized spacial score (nSPS) is 14.8. The molecule has 2 aliphatic rings. The molecular weight excluding hydrogens is 500 g/mol. The number of likely N-dealkylation sites (N-methyl/N-ethyl adjacent to an activating group) is 1. The van der Waals surface area contributed by atoms with Crippen LogP contribution in [0.15, 0.2) is 30.6 Å². The van der Waals surface area contributed by atoms with Gasteiger partial charge in [-0.05, 0) is 31.5 Å². The van der Waals surface area contributed by atoms with Crippen molar-refractivity contribution < 1.29 is 19.0 Å². The average Bonchev–Trinajstić information content (AvgIpc) is 3.41. The SMILES string of the molecule is CCN(CCOC)C(=O)c1ccc(OC)c(N2CCc3c(-c4cnc(N)nc4)nc(N4CCOCC4)nc32)c1. The fraction of sp³-hybridized carbons (Fsp3) is 0.444. The predicted molar refractivity (Wildman–Crippen MR) is 148 cm³/mol. The molecule has 0 unspecified atom stereocenters. The van der Waals surface area contributed by atoms with Gasteiger partial charge in [0.1, 0.15) is 11.6 Å². The third-order valence-electron chi connectivity index (χ3n) is 7.00. The summed E-state index contributed by atoms with van der Waals surface area (Å²) < 4.78 is 16.5. The Bertz CT molecular complexity index is 1310. The molecule has 5 rings (SSSR count). The number of rotatable bonds is 9. The van der Waals surface area contributed by atoms with Crippen molar-refractivity contribution in [2.45, 2.75) is 13.3 Å². The maximum atomic E-state index is 13.4. The highest BCUT2D eigenvalue weighted by molar-refractivity contribution is 5.96. The first kappa shape index (κ1) is 26.6.